The lowest BCUT2D eigenvalue weighted by Crippen LogP contribution is -2.42. The molecule has 0 aliphatic rings. The molecule has 0 fully saturated rings. The molecule has 0 aromatic heterocycles. The lowest BCUT2D eigenvalue weighted by molar-refractivity contribution is 0.250. The maximum Gasteiger partial charge on any atom is 0.319 e. The quantitative estimate of drug-likeness (QED) is 0.275. The summed E-state index contributed by atoms with van der Waals surface area (Å²) in [7, 11) is -3.71. The molecule has 34 heavy (non-hydrogen) atoms. The van der Waals surface area contributed by atoms with Crippen molar-refractivity contribution in [3.8, 4) is 0 Å². The van der Waals surface area contributed by atoms with E-state index in [1.807, 2.05) is 58.2 Å². The second kappa shape index (κ2) is 12.7. The summed E-state index contributed by atoms with van der Waals surface area (Å²) < 4.78 is 28.2. The van der Waals surface area contributed by atoms with Crippen LogP contribution < -0.4 is 21.1 Å². The van der Waals surface area contributed by atoms with Crippen molar-refractivity contribution >= 4 is 38.5 Å². The normalized spacial score (nSPS) is 15.5. The summed E-state index contributed by atoms with van der Waals surface area (Å²) in [6, 6.07) is 6.58. The molecule has 0 aliphatic carbocycles. The van der Waals surface area contributed by atoms with Gasteiger partial charge < -0.3 is 16.4 Å². The van der Waals surface area contributed by atoms with E-state index in [0.717, 1.165) is 10.6 Å². The Kier molecular flexibility index (Phi) is 11.3. The van der Waals surface area contributed by atoms with E-state index in [1.54, 1.807) is 20.8 Å². The minimum absolute atomic E-state index is 0.0375. The van der Waals surface area contributed by atoms with Crippen molar-refractivity contribution in [1.82, 2.24) is 10.0 Å². The number of amides is 2. The highest BCUT2D eigenvalue weighted by Crippen LogP contribution is 2.25. The molecule has 0 saturated carbocycles. The molecule has 1 rings (SSSR count). The zero-order valence-electron chi connectivity index (χ0n) is 21.6. The Bertz CT molecular complexity index is 965. The third-order valence-electron chi connectivity index (χ3n) is 4.98. The van der Waals surface area contributed by atoms with Crippen LogP contribution in [0.25, 0.3) is 0 Å². The lowest BCUT2D eigenvalue weighted by Gasteiger charge is -2.27. The largest absolute Gasteiger partial charge is 0.336 e. The van der Waals surface area contributed by atoms with E-state index in [9.17, 15) is 13.2 Å². The molecular weight excluding hydrogens is 470 g/mol. The fraction of sp³-hybridized carbons (Fsp3) is 0.583. The molecule has 0 heterocycles. The van der Waals surface area contributed by atoms with Gasteiger partial charge in [-0.2, -0.15) is 0 Å². The van der Waals surface area contributed by atoms with E-state index in [1.165, 1.54) is 11.8 Å². The molecule has 10 heteroatoms. The molecule has 0 radical (unpaired) electrons. The number of urea groups is 1. The third-order valence-corrected chi connectivity index (χ3v) is 7.52. The third kappa shape index (κ3) is 10.2. The second-order valence-electron chi connectivity index (χ2n) is 9.85. The molecular formula is C24H41N5O3S2. The summed E-state index contributed by atoms with van der Waals surface area (Å²) in [6.45, 7) is 16.8. The lowest BCUT2D eigenvalue weighted by atomic mass is 9.93. The van der Waals surface area contributed by atoms with Crippen molar-refractivity contribution in [1.29, 1.82) is 0 Å². The van der Waals surface area contributed by atoms with Crippen LogP contribution in [0, 0.1) is 5.92 Å². The van der Waals surface area contributed by atoms with Crippen LogP contribution in [0.3, 0.4) is 0 Å². The number of carbonyl (C=O) groups excluding carboxylic acids is 1. The van der Waals surface area contributed by atoms with Crippen LogP contribution in [-0.2, 0) is 10.0 Å². The number of nitrogens with one attached hydrogen (secondary N) is 3. The van der Waals surface area contributed by atoms with Gasteiger partial charge in [0.1, 0.15) is 0 Å². The maximum absolute atomic E-state index is 12.8. The Hall–Kier alpha value is -1.88. The minimum Gasteiger partial charge on any atom is -0.336 e. The predicted molar refractivity (Wildman–Crippen MR) is 146 cm³/mol. The minimum atomic E-state index is -3.71. The zero-order chi connectivity index (χ0) is 26.3. The number of nitrogens with zero attached hydrogens (tertiary/aromatic N) is 1. The van der Waals surface area contributed by atoms with Crippen LogP contribution in [0.2, 0.25) is 0 Å². The monoisotopic (exact) mass is 511 g/mol. The van der Waals surface area contributed by atoms with Gasteiger partial charge >= 0.3 is 6.03 Å². The number of thioether (sulfide) groups is 1. The second-order valence-corrected chi connectivity index (χ2v) is 12.4. The number of anilines is 1. The Morgan fingerprint density at radius 1 is 1.15 bits per heavy atom. The Morgan fingerprint density at radius 3 is 2.15 bits per heavy atom. The summed E-state index contributed by atoms with van der Waals surface area (Å²) in [4.78, 5) is 16.9. The SMILES string of the molecule is C=C(CC(/N=C(\SC)c1ccc(NC(=O)NC(C)C)cc1)[C@H](C)C(C)N)S(=O)(=O)NC(C)(C)C. The topological polar surface area (TPSA) is 126 Å². The van der Waals surface area contributed by atoms with Gasteiger partial charge in [-0.1, -0.05) is 25.6 Å². The molecule has 8 nitrogen and oxygen atoms in total. The molecule has 1 aromatic rings. The number of rotatable bonds is 10. The number of nitrogens with two attached hydrogens (primary N) is 1. The van der Waals surface area contributed by atoms with Crippen LogP contribution in [0.4, 0.5) is 10.5 Å². The van der Waals surface area contributed by atoms with Gasteiger partial charge in [0, 0.05) is 35.3 Å². The average Bonchev–Trinajstić information content (AvgIpc) is 2.68. The highest BCUT2D eigenvalue weighted by Gasteiger charge is 2.28. The van der Waals surface area contributed by atoms with Crippen molar-refractivity contribution in [2.45, 2.75) is 78.6 Å². The van der Waals surface area contributed by atoms with Gasteiger partial charge in [-0.3, -0.25) is 4.99 Å². The van der Waals surface area contributed by atoms with Crippen LogP contribution in [-0.4, -0.2) is 49.4 Å². The van der Waals surface area contributed by atoms with Crippen LogP contribution >= 0.6 is 11.8 Å². The summed E-state index contributed by atoms with van der Waals surface area (Å²) in [5, 5.41) is 6.33. The first kappa shape index (κ1) is 30.2. The summed E-state index contributed by atoms with van der Waals surface area (Å²) in [6.07, 6.45) is 2.08. The number of hydrogen-bond acceptors (Lipinski definition) is 6. The van der Waals surface area contributed by atoms with Crippen molar-refractivity contribution in [2.24, 2.45) is 16.6 Å². The molecule has 0 spiro atoms. The first-order valence-corrected chi connectivity index (χ1v) is 14.0. The van der Waals surface area contributed by atoms with Crippen molar-refractivity contribution < 1.29 is 13.2 Å². The van der Waals surface area contributed by atoms with Crippen LogP contribution in [0.15, 0.2) is 40.7 Å². The van der Waals surface area contributed by atoms with Gasteiger partial charge in [-0.15, -0.1) is 11.8 Å². The summed E-state index contributed by atoms with van der Waals surface area (Å²) in [5.74, 6) is -0.0793. The van der Waals surface area contributed by atoms with Crippen LogP contribution in [0.1, 0.15) is 60.5 Å². The van der Waals surface area contributed by atoms with Gasteiger partial charge in [-0.05, 0) is 65.8 Å². The van der Waals surface area contributed by atoms with Gasteiger partial charge in [0.25, 0.3) is 0 Å². The van der Waals surface area contributed by atoms with E-state index in [-0.39, 0.29) is 41.4 Å². The van der Waals surface area contributed by atoms with Gasteiger partial charge in [0.05, 0.1) is 16.0 Å². The van der Waals surface area contributed by atoms with Gasteiger partial charge in [0.15, 0.2) is 0 Å². The number of hydrogen-bond donors (Lipinski definition) is 4. The maximum atomic E-state index is 12.8. The Labute approximate surface area is 209 Å². The smallest absolute Gasteiger partial charge is 0.319 e. The molecule has 2 amide bonds. The van der Waals surface area contributed by atoms with E-state index in [2.05, 4.69) is 21.9 Å². The van der Waals surface area contributed by atoms with Crippen molar-refractivity contribution in [3.05, 3.63) is 41.3 Å². The van der Waals surface area contributed by atoms with E-state index < -0.39 is 15.6 Å². The molecule has 192 valence electrons. The van der Waals surface area contributed by atoms with E-state index >= 15 is 0 Å². The fourth-order valence-corrected chi connectivity index (χ4v) is 4.99. The van der Waals surface area contributed by atoms with Gasteiger partial charge in [-0.25, -0.2) is 17.9 Å². The molecule has 0 saturated heterocycles. The number of carbonyl (C=O) groups is 1. The summed E-state index contributed by atoms with van der Waals surface area (Å²) >= 11 is 1.47. The Morgan fingerprint density at radius 2 is 1.71 bits per heavy atom. The number of benzene rings is 1. The molecule has 3 atom stereocenters. The van der Waals surface area contributed by atoms with E-state index in [4.69, 9.17) is 10.7 Å². The first-order chi connectivity index (χ1) is 15.6. The highest BCUT2D eigenvalue weighted by atomic mass is 32.2. The zero-order valence-corrected chi connectivity index (χ0v) is 23.2. The van der Waals surface area contributed by atoms with Crippen molar-refractivity contribution in [2.75, 3.05) is 11.6 Å². The summed E-state index contributed by atoms with van der Waals surface area (Å²) in [5.41, 5.74) is 7.08. The first-order valence-electron chi connectivity index (χ1n) is 11.3. The Balaban J connectivity index is 3.18. The average molecular weight is 512 g/mol. The van der Waals surface area contributed by atoms with E-state index in [0.29, 0.717) is 5.69 Å². The van der Waals surface area contributed by atoms with Crippen LogP contribution in [0.5, 0.6) is 0 Å². The molecule has 5 N–H and O–H groups in total. The number of sulfonamides is 1. The van der Waals surface area contributed by atoms with Crippen molar-refractivity contribution in [3.63, 3.8) is 0 Å². The fourth-order valence-electron chi connectivity index (χ4n) is 3.04. The number of aliphatic imine (C=N–C) groups is 1. The molecule has 0 aliphatic heterocycles. The molecule has 1 aromatic carbocycles. The molecule has 0 bridgehead atoms. The highest BCUT2D eigenvalue weighted by molar-refractivity contribution is 8.13. The predicted octanol–water partition coefficient (Wildman–Crippen LogP) is 4.30. The van der Waals surface area contributed by atoms with Gasteiger partial charge in [0.2, 0.25) is 10.0 Å². The standard InChI is InChI=1S/C24H41N5O3S2/c1-15(2)26-23(30)27-20-12-10-19(11-13-20)22(33-9)28-21(17(4)18(5)25)14-16(3)34(31,32)29-24(6,7)8/h10-13,15,17-18,21,29H,3,14,25H2,1-2,4-9H3,(H2,26,27,30)/b28-22-/t17-,18?,21?/m1/s1. The molecule has 2 unspecified atom stereocenters.